The molecular formula is C22H25N. The van der Waals surface area contributed by atoms with Crippen molar-refractivity contribution in [3.05, 3.63) is 95.7 Å². The molecule has 1 heteroatoms. The van der Waals surface area contributed by atoms with Gasteiger partial charge in [-0.1, -0.05) is 59.7 Å². The standard InChI is InChI=1S/C22H25N/c1-6-17(2)7-12-20(5)23(21-13-8-18(3)9-14-21)22-15-10-19(4)11-16-22/h6-16H,5H2,1-4H3/b12-7-,17-6-. The first kappa shape index (κ1) is 16.8. The Bertz CT molecular complexity index is 670. The normalized spacial score (nSPS) is 11.7. The number of aryl methyl sites for hydroxylation is 2. The quantitative estimate of drug-likeness (QED) is 0.571. The minimum atomic E-state index is 0.943. The van der Waals surface area contributed by atoms with Gasteiger partial charge < -0.3 is 4.90 Å². The van der Waals surface area contributed by atoms with Gasteiger partial charge in [-0.3, -0.25) is 0 Å². The lowest BCUT2D eigenvalue weighted by Gasteiger charge is -2.26. The van der Waals surface area contributed by atoms with Gasteiger partial charge in [0.05, 0.1) is 0 Å². The van der Waals surface area contributed by atoms with E-state index in [-0.39, 0.29) is 0 Å². The lowest BCUT2D eigenvalue weighted by Crippen LogP contribution is -2.14. The molecule has 118 valence electrons. The van der Waals surface area contributed by atoms with Crippen molar-refractivity contribution in [1.29, 1.82) is 0 Å². The van der Waals surface area contributed by atoms with Gasteiger partial charge in [0, 0.05) is 17.1 Å². The van der Waals surface area contributed by atoms with Crippen LogP contribution in [0.15, 0.2) is 84.6 Å². The molecule has 0 aliphatic heterocycles. The highest BCUT2D eigenvalue weighted by molar-refractivity contribution is 5.70. The summed E-state index contributed by atoms with van der Waals surface area (Å²) in [4.78, 5) is 2.18. The summed E-state index contributed by atoms with van der Waals surface area (Å²) in [7, 11) is 0. The van der Waals surface area contributed by atoms with Gasteiger partial charge in [0.2, 0.25) is 0 Å². The Morgan fingerprint density at radius 3 is 1.65 bits per heavy atom. The molecule has 2 aromatic carbocycles. The molecule has 0 unspecified atom stereocenters. The lowest BCUT2D eigenvalue weighted by molar-refractivity contribution is 1.21. The van der Waals surface area contributed by atoms with Crippen molar-refractivity contribution in [1.82, 2.24) is 0 Å². The van der Waals surface area contributed by atoms with E-state index in [1.165, 1.54) is 16.7 Å². The number of allylic oxidation sites excluding steroid dienone is 4. The van der Waals surface area contributed by atoms with Gasteiger partial charge in [0.1, 0.15) is 0 Å². The van der Waals surface area contributed by atoms with E-state index < -0.39 is 0 Å². The van der Waals surface area contributed by atoms with E-state index >= 15 is 0 Å². The van der Waals surface area contributed by atoms with Crippen molar-refractivity contribution in [2.75, 3.05) is 4.90 Å². The molecule has 0 bridgehead atoms. The molecule has 0 aliphatic rings. The molecule has 0 spiro atoms. The van der Waals surface area contributed by atoms with Crippen molar-refractivity contribution in [2.24, 2.45) is 0 Å². The van der Waals surface area contributed by atoms with E-state index in [1.807, 2.05) is 6.92 Å². The smallest absolute Gasteiger partial charge is 0.0461 e. The van der Waals surface area contributed by atoms with Gasteiger partial charge in [0.25, 0.3) is 0 Å². The van der Waals surface area contributed by atoms with Crippen LogP contribution in [0, 0.1) is 13.8 Å². The molecule has 0 amide bonds. The van der Waals surface area contributed by atoms with Crippen molar-refractivity contribution >= 4 is 11.4 Å². The highest BCUT2D eigenvalue weighted by atomic mass is 15.1. The first-order valence-corrected chi connectivity index (χ1v) is 7.94. The molecule has 2 rings (SSSR count). The lowest BCUT2D eigenvalue weighted by atomic mass is 10.1. The zero-order valence-electron chi connectivity index (χ0n) is 14.5. The van der Waals surface area contributed by atoms with Crippen molar-refractivity contribution < 1.29 is 0 Å². The van der Waals surface area contributed by atoms with E-state index in [1.54, 1.807) is 0 Å². The first-order chi connectivity index (χ1) is 11.0. The Hall–Kier alpha value is -2.54. The maximum atomic E-state index is 4.27. The molecule has 0 atom stereocenters. The van der Waals surface area contributed by atoms with Gasteiger partial charge >= 0.3 is 0 Å². The van der Waals surface area contributed by atoms with Gasteiger partial charge in [-0.15, -0.1) is 0 Å². The maximum absolute atomic E-state index is 4.27. The van der Waals surface area contributed by atoms with Crippen LogP contribution in [0.1, 0.15) is 25.0 Å². The fourth-order valence-electron chi connectivity index (χ4n) is 2.27. The van der Waals surface area contributed by atoms with E-state index in [0.717, 1.165) is 17.1 Å². The molecular weight excluding hydrogens is 278 g/mol. The molecule has 0 N–H and O–H groups in total. The third-order valence-corrected chi connectivity index (χ3v) is 3.87. The largest absolute Gasteiger partial charge is 0.311 e. The molecule has 0 heterocycles. The second kappa shape index (κ2) is 7.64. The summed E-state index contributed by atoms with van der Waals surface area (Å²) in [6.07, 6.45) is 6.25. The summed E-state index contributed by atoms with van der Waals surface area (Å²) in [5.41, 5.74) is 6.91. The van der Waals surface area contributed by atoms with Crippen LogP contribution in [-0.2, 0) is 0 Å². The van der Waals surface area contributed by atoms with Crippen LogP contribution in [0.5, 0.6) is 0 Å². The summed E-state index contributed by atoms with van der Waals surface area (Å²) in [5, 5.41) is 0. The van der Waals surface area contributed by atoms with Crippen LogP contribution in [-0.4, -0.2) is 0 Å². The van der Waals surface area contributed by atoms with Crippen LogP contribution in [0.25, 0.3) is 0 Å². The molecule has 0 fully saturated rings. The van der Waals surface area contributed by atoms with Crippen LogP contribution < -0.4 is 4.90 Å². The number of anilines is 2. The van der Waals surface area contributed by atoms with E-state index in [0.29, 0.717) is 0 Å². The minimum absolute atomic E-state index is 0.943. The Morgan fingerprint density at radius 2 is 1.26 bits per heavy atom. The Morgan fingerprint density at radius 1 is 0.826 bits per heavy atom. The number of hydrogen-bond acceptors (Lipinski definition) is 1. The molecule has 0 aromatic heterocycles. The number of benzene rings is 2. The van der Waals surface area contributed by atoms with Crippen LogP contribution in [0.2, 0.25) is 0 Å². The zero-order valence-corrected chi connectivity index (χ0v) is 14.5. The van der Waals surface area contributed by atoms with E-state index in [2.05, 4.69) is 99.0 Å². The molecule has 1 nitrogen and oxygen atoms in total. The fraction of sp³-hybridized carbons (Fsp3) is 0.182. The van der Waals surface area contributed by atoms with Crippen molar-refractivity contribution in [3.8, 4) is 0 Å². The maximum Gasteiger partial charge on any atom is 0.0461 e. The molecule has 23 heavy (non-hydrogen) atoms. The van der Waals surface area contributed by atoms with E-state index in [9.17, 15) is 0 Å². The molecule has 0 saturated heterocycles. The van der Waals surface area contributed by atoms with Crippen LogP contribution in [0.3, 0.4) is 0 Å². The fourth-order valence-corrected chi connectivity index (χ4v) is 2.27. The second-order valence-corrected chi connectivity index (χ2v) is 5.86. The Kier molecular flexibility index (Phi) is 5.59. The molecule has 2 aromatic rings. The summed E-state index contributed by atoms with van der Waals surface area (Å²) >= 11 is 0. The topological polar surface area (TPSA) is 3.24 Å². The average Bonchev–Trinajstić information content (AvgIpc) is 2.56. The Balaban J connectivity index is 2.42. The van der Waals surface area contributed by atoms with Crippen molar-refractivity contribution in [2.45, 2.75) is 27.7 Å². The zero-order chi connectivity index (χ0) is 16.8. The first-order valence-electron chi connectivity index (χ1n) is 7.94. The summed E-state index contributed by atoms with van der Waals surface area (Å²) in [6, 6.07) is 17.1. The second-order valence-electron chi connectivity index (χ2n) is 5.86. The van der Waals surface area contributed by atoms with Crippen LogP contribution in [0.4, 0.5) is 11.4 Å². The van der Waals surface area contributed by atoms with Gasteiger partial charge in [-0.2, -0.15) is 0 Å². The highest BCUT2D eigenvalue weighted by Gasteiger charge is 2.11. The number of nitrogens with zero attached hydrogens (tertiary/aromatic N) is 1. The van der Waals surface area contributed by atoms with Crippen molar-refractivity contribution in [3.63, 3.8) is 0 Å². The third-order valence-electron chi connectivity index (χ3n) is 3.87. The number of rotatable bonds is 5. The van der Waals surface area contributed by atoms with Gasteiger partial charge in [-0.05, 0) is 58.0 Å². The molecule has 0 aliphatic carbocycles. The van der Waals surface area contributed by atoms with E-state index in [4.69, 9.17) is 0 Å². The monoisotopic (exact) mass is 303 g/mol. The van der Waals surface area contributed by atoms with Gasteiger partial charge in [0.15, 0.2) is 0 Å². The summed E-state index contributed by atoms with van der Waals surface area (Å²) in [6.45, 7) is 12.6. The van der Waals surface area contributed by atoms with Gasteiger partial charge in [-0.25, -0.2) is 0 Å². The minimum Gasteiger partial charge on any atom is -0.311 e. The Labute approximate surface area is 140 Å². The number of hydrogen-bond donors (Lipinski definition) is 0. The predicted octanol–water partition coefficient (Wildman–Crippen LogP) is 6.48. The summed E-state index contributed by atoms with van der Waals surface area (Å²) in [5.74, 6) is 0. The molecule has 0 radical (unpaired) electrons. The molecule has 0 saturated carbocycles. The summed E-state index contributed by atoms with van der Waals surface area (Å²) < 4.78 is 0. The highest BCUT2D eigenvalue weighted by Crippen LogP contribution is 2.30. The SMILES string of the molecule is C=C(/C=C\C(C)=C/C)N(c1ccc(C)cc1)c1ccc(C)cc1. The van der Waals surface area contributed by atoms with Crippen LogP contribution >= 0.6 is 0 Å². The third kappa shape index (κ3) is 4.46. The predicted molar refractivity (Wildman–Crippen MR) is 102 cm³/mol. The average molecular weight is 303 g/mol.